The van der Waals surface area contributed by atoms with Crippen LogP contribution in [0, 0.1) is 12.7 Å². The van der Waals surface area contributed by atoms with Gasteiger partial charge in [-0.15, -0.1) is 11.3 Å². The molecule has 0 fully saturated rings. The largest absolute Gasteiger partial charge is 0.439 e. The van der Waals surface area contributed by atoms with E-state index in [0.29, 0.717) is 22.2 Å². The minimum atomic E-state index is -0.333. The molecule has 4 rings (SSSR count). The Labute approximate surface area is 158 Å². The standard InChI is InChI=1S/C19H15FN4O2S/c1-11-15-9-16(27-19(15)24(2)23-11)18(25)22-13-5-8-17(21-10-13)26-14-6-3-12(20)4-7-14/h3-10H,1-2H3,(H,22,25). The van der Waals surface area contributed by atoms with Crippen molar-refractivity contribution in [1.29, 1.82) is 0 Å². The van der Waals surface area contributed by atoms with E-state index in [1.165, 1.54) is 41.8 Å². The molecule has 0 aliphatic carbocycles. The highest BCUT2D eigenvalue weighted by atomic mass is 32.1. The van der Waals surface area contributed by atoms with Gasteiger partial charge < -0.3 is 10.1 Å². The van der Waals surface area contributed by atoms with Gasteiger partial charge in [-0.25, -0.2) is 9.37 Å². The molecule has 0 atom stereocenters. The van der Waals surface area contributed by atoms with Crippen LogP contribution in [-0.4, -0.2) is 20.7 Å². The molecule has 0 unspecified atom stereocenters. The van der Waals surface area contributed by atoms with Gasteiger partial charge in [-0.05, 0) is 43.3 Å². The topological polar surface area (TPSA) is 69.0 Å². The van der Waals surface area contributed by atoms with Crippen molar-refractivity contribution in [3.63, 3.8) is 0 Å². The number of rotatable bonds is 4. The van der Waals surface area contributed by atoms with Gasteiger partial charge in [0.2, 0.25) is 5.88 Å². The molecule has 0 spiro atoms. The van der Waals surface area contributed by atoms with E-state index in [0.717, 1.165) is 15.9 Å². The Morgan fingerprint density at radius 1 is 1.22 bits per heavy atom. The van der Waals surface area contributed by atoms with Gasteiger partial charge in [-0.1, -0.05) is 0 Å². The maximum absolute atomic E-state index is 12.9. The van der Waals surface area contributed by atoms with Gasteiger partial charge in [0, 0.05) is 18.5 Å². The summed E-state index contributed by atoms with van der Waals surface area (Å²) in [7, 11) is 1.86. The number of hydrogen-bond acceptors (Lipinski definition) is 5. The Kier molecular flexibility index (Phi) is 4.33. The van der Waals surface area contributed by atoms with Gasteiger partial charge >= 0.3 is 0 Å². The number of ether oxygens (including phenoxy) is 1. The second kappa shape index (κ2) is 6.81. The first kappa shape index (κ1) is 17.2. The Balaban J connectivity index is 1.46. The Bertz CT molecular complexity index is 1080. The van der Waals surface area contributed by atoms with Crippen LogP contribution in [0.4, 0.5) is 10.1 Å². The first-order valence-electron chi connectivity index (χ1n) is 8.13. The molecule has 1 N–H and O–H groups in total. The van der Waals surface area contributed by atoms with E-state index in [2.05, 4.69) is 15.4 Å². The number of hydrogen-bond donors (Lipinski definition) is 1. The SMILES string of the molecule is Cc1nn(C)c2sc(C(=O)Nc3ccc(Oc4ccc(F)cc4)nc3)cc12. The predicted molar refractivity (Wildman–Crippen MR) is 102 cm³/mol. The number of anilines is 1. The summed E-state index contributed by atoms with van der Waals surface area (Å²) in [5, 5.41) is 8.14. The molecular formula is C19H15FN4O2S. The van der Waals surface area contributed by atoms with Crippen molar-refractivity contribution in [3.05, 3.63) is 65.0 Å². The average Bonchev–Trinajstić information content (AvgIpc) is 3.21. The van der Waals surface area contributed by atoms with E-state index in [1.54, 1.807) is 16.8 Å². The highest BCUT2D eigenvalue weighted by molar-refractivity contribution is 7.20. The molecule has 1 aromatic carbocycles. The van der Waals surface area contributed by atoms with Gasteiger partial charge in [-0.2, -0.15) is 5.10 Å². The lowest BCUT2D eigenvalue weighted by atomic mass is 10.3. The van der Waals surface area contributed by atoms with Crippen molar-refractivity contribution in [1.82, 2.24) is 14.8 Å². The fourth-order valence-electron chi connectivity index (χ4n) is 2.65. The van der Waals surface area contributed by atoms with Crippen LogP contribution in [-0.2, 0) is 7.05 Å². The molecule has 4 aromatic rings. The molecule has 136 valence electrons. The molecule has 0 saturated carbocycles. The number of nitrogens with one attached hydrogen (secondary N) is 1. The van der Waals surface area contributed by atoms with Crippen molar-refractivity contribution in [2.24, 2.45) is 7.05 Å². The maximum atomic E-state index is 12.9. The van der Waals surface area contributed by atoms with Crippen LogP contribution in [0.3, 0.4) is 0 Å². The summed E-state index contributed by atoms with van der Waals surface area (Å²) >= 11 is 1.39. The van der Waals surface area contributed by atoms with Crippen LogP contribution in [0.15, 0.2) is 48.7 Å². The number of fused-ring (bicyclic) bond motifs is 1. The van der Waals surface area contributed by atoms with Gasteiger partial charge in [0.25, 0.3) is 5.91 Å². The zero-order valence-corrected chi connectivity index (χ0v) is 15.4. The van der Waals surface area contributed by atoms with Crippen LogP contribution in [0.2, 0.25) is 0 Å². The van der Waals surface area contributed by atoms with Crippen molar-refractivity contribution >= 4 is 33.1 Å². The summed E-state index contributed by atoms with van der Waals surface area (Å²) in [6.45, 7) is 1.92. The molecule has 0 bridgehead atoms. The third-order valence-corrected chi connectivity index (χ3v) is 5.15. The van der Waals surface area contributed by atoms with Gasteiger partial charge in [0.15, 0.2) is 0 Å². The molecule has 6 nitrogen and oxygen atoms in total. The Morgan fingerprint density at radius 3 is 2.67 bits per heavy atom. The molecule has 27 heavy (non-hydrogen) atoms. The number of amides is 1. The number of aromatic nitrogens is 3. The lowest BCUT2D eigenvalue weighted by Gasteiger charge is -2.06. The Hall–Kier alpha value is -3.26. The molecule has 3 heterocycles. The summed E-state index contributed by atoms with van der Waals surface area (Å²) in [6.07, 6.45) is 1.51. The number of benzene rings is 1. The van der Waals surface area contributed by atoms with E-state index in [4.69, 9.17) is 4.74 Å². The minimum Gasteiger partial charge on any atom is -0.439 e. The first-order chi connectivity index (χ1) is 13.0. The van der Waals surface area contributed by atoms with Crippen molar-refractivity contribution in [2.75, 3.05) is 5.32 Å². The second-order valence-electron chi connectivity index (χ2n) is 5.93. The van der Waals surface area contributed by atoms with Crippen LogP contribution in [0.25, 0.3) is 10.2 Å². The summed E-state index contributed by atoms with van der Waals surface area (Å²) in [4.78, 5) is 18.2. The molecule has 0 radical (unpaired) electrons. The molecule has 0 aliphatic heterocycles. The third kappa shape index (κ3) is 3.52. The van der Waals surface area contributed by atoms with Crippen molar-refractivity contribution < 1.29 is 13.9 Å². The highest BCUT2D eigenvalue weighted by Crippen LogP contribution is 2.28. The first-order valence-corrected chi connectivity index (χ1v) is 8.95. The number of aryl methyl sites for hydroxylation is 2. The van der Waals surface area contributed by atoms with E-state index in [-0.39, 0.29) is 11.7 Å². The second-order valence-corrected chi connectivity index (χ2v) is 6.96. The normalized spacial score (nSPS) is 10.9. The van der Waals surface area contributed by atoms with Crippen LogP contribution < -0.4 is 10.1 Å². The number of carbonyl (C=O) groups excluding carboxylic acids is 1. The fraction of sp³-hybridized carbons (Fsp3) is 0.105. The van der Waals surface area contributed by atoms with E-state index < -0.39 is 0 Å². The van der Waals surface area contributed by atoms with E-state index in [9.17, 15) is 9.18 Å². The molecule has 1 amide bonds. The van der Waals surface area contributed by atoms with E-state index >= 15 is 0 Å². The highest BCUT2D eigenvalue weighted by Gasteiger charge is 2.15. The molecule has 3 aromatic heterocycles. The van der Waals surface area contributed by atoms with Crippen LogP contribution in [0.1, 0.15) is 15.4 Å². The van der Waals surface area contributed by atoms with Crippen LogP contribution in [0.5, 0.6) is 11.6 Å². The number of carbonyl (C=O) groups is 1. The van der Waals surface area contributed by atoms with Crippen molar-refractivity contribution in [2.45, 2.75) is 6.92 Å². The number of thiophene rings is 1. The Morgan fingerprint density at radius 2 is 2.00 bits per heavy atom. The van der Waals surface area contributed by atoms with E-state index in [1.807, 2.05) is 20.0 Å². The minimum absolute atomic E-state index is 0.204. The summed E-state index contributed by atoms with van der Waals surface area (Å²) in [6, 6.07) is 10.8. The summed E-state index contributed by atoms with van der Waals surface area (Å²) in [5.74, 6) is 0.295. The van der Waals surface area contributed by atoms with Gasteiger partial charge in [-0.3, -0.25) is 9.48 Å². The smallest absolute Gasteiger partial charge is 0.265 e. The summed E-state index contributed by atoms with van der Waals surface area (Å²) in [5.41, 5.74) is 1.45. The third-order valence-electron chi connectivity index (χ3n) is 3.95. The molecule has 0 aliphatic rings. The zero-order valence-electron chi connectivity index (χ0n) is 14.6. The fourth-order valence-corrected chi connectivity index (χ4v) is 3.67. The quantitative estimate of drug-likeness (QED) is 0.563. The van der Waals surface area contributed by atoms with Crippen molar-refractivity contribution in [3.8, 4) is 11.6 Å². The molecule has 0 saturated heterocycles. The number of halogens is 1. The predicted octanol–water partition coefficient (Wildman–Crippen LogP) is 4.52. The summed E-state index contributed by atoms with van der Waals surface area (Å²) < 4.78 is 20.2. The zero-order chi connectivity index (χ0) is 19.0. The monoisotopic (exact) mass is 382 g/mol. The van der Waals surface area contributed by atoms with Gasteiger partial charge in [0.05, 0.1) is 22.5 Å². The lowest BCUT2D eigenvalue weighted by Crippen LogP contribution is -2.10. The molecule has 8 heteroatoms. The maximum Gasteiger partial charge on any atom is 0.265 e. The average molecular weight is 382 g/mol. The number of pyridine rings is 1. The lowest BCUT2D eigenvalue weighted by molar-refractivity contribution is 0.103. The van der Waals surface area contributed by atoms with Crippen LogP contribution >= 0.6 is 11.3 Å². The molecular weight excluding hydrogens is 367 g/mol. The number of nitrogens with zero attached hydrogens (tertiary/aromatic N) is 3. The van der Waals surface area contributed by atoms with Gasteiger partial charge in [0.1, 0.15) is 16.4 Å².